The number of rotatable bonds is 6. The molecule has 3 unspecified atom stereocenters. The first kappa shape index (κ1) is 22.5. The van der Waals surface area contributed by atoms with Crippen molar-refractivity contribution >= 4 is 37.8 Å². The number of carbonyl (C=O) groups is 1. The Labute approximate surface area is 190 Å². The Balaban J connectivity index is 1.77. The number of esters is 1. The number of halogens is 4. The standard InChI is InChI=1S/C23H18Br2F2O3/c1-4-18(30-22(28)21-16(12-20(24)25)23(21,2)3)13-5-10-17(27)19(11-13)29-15-8-6-14(26)7-9-15/h1,5-12,16,18,21H,2-3H3. The van der Waals surface area contributed by atoms with Gasteiger partial charge in [0.15, 0.2) is 17.7 Å². The second-order valence-electron chi connectivity index (χ2n) is 7.51. The summed E-state index contributed by atoms with van der Waals surface area (Å²) in [5.41, 5.74) is 0.138. The van der Waals surface area contributed by atoms with Gasteiger partial charge in [0.2, 0.25) is 0 Å². The third-order valence-electron chi connectivity index (χ3n) is 5.15. The van der Waals surface area contributed by atoms with Gasteiger partial charge in [-0.05, 0) is 79.6 Å². The molecule has 0 spiro atoms. The van der Waals surface area contributed by atoms with E-state index in [4.69, 9.17) is 15.9 Å². The van der Waals surface area contributed by atoms with Crippen LogP contribution in [0.25, 0.3) is 0 Å². The number of ether oxygens (including phenoxy) is 2. The Morgan fingerprint density at radius 3 is 2.47 bits per heavy atom. The second-order valence-corrected chi connectivity index (χ2v) is 10.3. The summed E-state index contributed by atoms with van der Waals surface area (Å²) in [6, 6.07) is 9.17. The van der Waals surface area contributed by atoms with Crippen LogP contribution in [0.4, 0.5) is 8.78 Å². The van der Waals surface area contributed by atoms with Crippen LogP contribution in [0.5, 0.6) is 11.5 Å². The van der Waals surface area contributed by atoms with E-state index in [0.29, 0.717) is 5.56 Å². The van der Waals surface area contributed by atoms with Crippen molar-refractivity contribution in [1.82, 2.24) is 0 Å². The lowest BCUT2D eigenvalue weighted by Crippen LogP contribution is -2.14. The first-order valence-corrected chi connectivity index (χ1v) is 10.6. The van der Waals surface area contributed by atoms with Crippen LogP contribution in [0, 0.1) is 41.2 Å². The molecule has 30 heavy (non-hydrogen) atoms. The summed E-state index contributed by atoms with van der Waals surface area (Å²) in [6.07, 6.45) is 6.49. The second kappa shape index (κ2) is 8.91. The van der Waals surface area contributed by atoms with Crippen molar-refractivity contribution in [1.29, 1.82) is 0 Å². The molecule has 1 saturated carbocycles. The molecular weight excluding hydrogens is 522 g/mol. The molecule has 0 bridgehead atoms. The van der Waals surface area contributed by atoms with E-state index in [1.165, 1.54) is 42.5 Å². The molecule has 1 aliphatic carbocycles. The van der Waals surface area contributed by atoms with E-state index in [1.54, 1.807) is 0 Å². The molecule has 0 aliphatic heterocycles. The SMILES string of the molecule is C#CC(OC(=O)C1C(C=C(Br)Br)C1(C)C)c1ccc(F)c(Oc2ccc(F)cc2)c1. The summed E-state index contributed by atoms with van der Waals surface area (Å²) in [5, 5.41) is 0. The highest BCUT2D eigenvalue weighted by Gasteiger charge is 2.61. The average molecular weight is 540 g/mol. The van der Waals surface area contributed by atoms with E-state index < -0.39 is 23.7 Å². The number of hydrogen-bond acceptors (Lipinski definition) is 3. The van der Waals surface area contributed by atoms with Gasteiger partial charge in [0, 0.05) is 5.56 Å². The number of allylic oxidation sites excluding steroid dienone is 1. The third kappa shape index (κ3) is 4.93. The third-order valence-corrected chi connectivity index (χ3v) is 5.68. The topological polar surface area (TPSA) is 35.5 Å². The fourth-order valence-electron chi connectivity index (χ4n) is 3.35. The zero-order chi connectivity index (χ0) is 22.1. The molecule has 3 nitrogen and oxygen atoms in total. The summed E-state index contributed by atoms with van der Waals surface area (Å²) >= 11 is 6.63. The fourth-order valence-corrected chi connectivity index (χ4v) is 3.92. The Morgan fingerprint density at radius 2 is 1.87 bits per heavy atom. The summed E-state index contributed by atoms with van der Waals surface area (Å²) in [6.45, 7) is 3.95. The Hall–Kier alpha value is -2.17. The molecule has 0 aromatic heterocycles. The first-order chi connectivity index (χ1) is 14.1. The predicted octanol–water partition coefficient (Wildman–Crippen LogP) is 6.88. The minimum Gasteiger partial charge on any atom is -0.454 e. The fraction of sp³-hybridized carbons (Fsp3) is 0.261. The smallest absolute Gasteiger partial charge is 0.311 e. The predicted molar refractivity (Wildman–Crippen MR) is 117 cm³/mol. The maximum absolute atomic E-state index is 14.2. The number of hydrogen-bond donors (Lipinski definition) is 0. The number of carbonyl (C=O) groups excluding carboxylic acids is 1. The van der Waals surface area contributed by atoms with Gasteiger partial charge in [-0.1, -0.05) is 31.9 Å². The molecule has 0 heterocycles. The van der Waals surface area contributed by atoms with Crippen LogP contribution < -0.4 is 4.74 Å². The molecule has 2 aromatic carbocycles. The summed E-state index contributed by atoms with van der Waals surface area (Å²) in [7, 11) is 0. The van der Waals surface area contributed by atoms with Gasteiger partial charge in [-0.25, -0.2) is 8.78 Å². The summed E-state index contributed by atoms with van der Waals surface area (Å²) < 4.78 is 39.1. The average Bonchev–Trinajstić information content (AvgIpc) is 3.22. The minimum atomic E-state index is -0.998. The maximum Gasteiger partial charge on any atom is 0.311 e. The quantitative estimate of drug-likeness (QED) is 0.296. The Kier molecular flexibility index (Phi) is 6.68. The first-order valence-electron chi connectivity index (χ1n) is 9.05. The van der Waals surface area contributed by atoms with Gasteiger partial charge in [-0.15, -0.1) is 6.42 Å². The summed E-state index contributed by atoms with van der Waals surface area (Å²) in [4.78, 5) is 12.7. The number of terminal acetylenes is 1. The minimum absolute atomic E-state index is 0.00256. The van der Waals surface area contributed by atoms with Gasteiger partial charge in [-0.3, -0.25) is 4.79 Å². The van der Waals surface area contributed by atoms with E-state index >= 15 is 0 Å². The molecule has 1 fully saturated rings. The van der Waals surface area contributed by atoms with Crippen LogP contribution in [0.1, 0.15) is 25.5 Å². The molecule has 1 aliphatic rings. The number of benzene rings is 2. The van der Waals surface area contributed by atoms with E-state index in [2.05, 4.69) is 37.8 Å². The van der Waals surface area contributed by atoms with Gasteiger partial charge in [-0.2, -0.15) is 0 Å². The lowest BCUT2D eigenvalue weighted by molar-refractivity contribution is -0.149. The molecule has 3 atom stereocenters. The van der Waals surface area contributed by atoms with E-state index in [0.717, 1.165) is 3.39 Å². The highest BCUT2D eigenvalue weighted by Crippen LogP contribution is 2.60. The van der Waals surface area contributed by atoms with Crippen molar-refractivity contribution in [2.45, 2.75) is 20.0 Å². The normalized spacial score (nSPS) is 19.9. The molecule has 0 saturated heterocycles. The molecule has 3 rings (SSSR count). The van der Waals surface area contributed by atoms with Crippen molar-refractivity contribution in [2.75, 3.05) is 0 Å². The molecule has 0 N–H and O–H groups in total. The maximum atomic E-state index is 14.2. The zero-order valence-electron chi connectivity index (χ0n) is 16.2. The van der Waals surface area contributed by atoms with Gasteiger partial charge in [0.25, 0.3) is 0 Å². The van der Waals surface area contributed by atoms with E-state index in [1.807, 2.05) is 19.9 Å². The Morgan fingerprint density at radius 1 is 1.20 bits per heavy atom. The highest BCUT2D eigenvalue weighted by atomic mass is 79.9. The molecular formula is C23H18Br2F2O3. The highest BCUT2D eigenvalue weighted by molar-refractivity contribution is 9.28. The lowest BCUT2D eigenvalue weighted by Gasteiger charge is -2.15. The largest absolute Gasteiger partial charge is 0.454 e. The summed E-state index contributed by atoms with van der Waals surface area (Å²) in [5.74, 6) is 0.771. The van der Waals surface area contributed by atoms with Gasteiger partial charge in [0.1, 0.15) is 11.6 Å². The Bertz CT molecular complexity index is 1020. The van der Waals surface area contributed by atoms with Crippen LogP contribution in [0.2, 0.25) is 0 Å². The van der Waals surface area contributed by atoms with Crippen LogP contribution in [-0.2, 0) is 9.53 Å². The monoisotopic (exact) mass is 538 g/mol. The van der Waals surface area contributed by atoms with Gasteiger partial charge in [0.05, 0.1) is 9.31 Å². The van der Waals surface area contributed by atoms with E-state index in [-0.39, 0.29) is 28.7 Å². The zero-order valence-corrected chi connectivity index (χ0v) is 19.3. The molecule has 156 valence electrons. The van der Waals surface area contributed by atoms with Gasteiger partial charge >= 0.3 is 5.97 Å². The van der Waals surface area contributed by atoms with Crippen molar-refractivity contribution in [3.63, 3.8) is 0 Å². The van der Waals surface area contributed by atoms with Crippen LogP contribution in [0.3, 0.4) is 0 Å². The molecule has 7 heteroatoms. The lowest BCUT2D eigenvalue weighted by atomic mass is 10.1. The van der Waals surface area contributed by atoms with Crippen LogP contribution >= 0.6 is 31.9 Å². The van der Waals surface area contributed by atoms with Gasteiger partial charge < -0.3 is 9.47 Å². The van der Waals surface area contributed by atoms with Crippen LogP contribution in [0.15, 0.2) is 51.9 Å². The van der Waals surface area contributed by atoms with E-state index in [9.17, 15) is 13.6 Å². The van der Waals surface area contributed by atoms with Crippen molar-refractivity contribution in [3.8, 4) is 23.8 Å². The van der Waals surface area contributed by atoms with Crippen molar-refractivity contribution in [3.05, 3.63) is 69.1 Å². The van der Waals surface area contributed by atoms with Crippen LogP contribution in [-0.4, -0.2) is 5.97 Å². The molecule has 2 aromatic rings. The van der Waals surface area contributed by atoms with Crippen molar-refractivity contribution in [2.24, 2.45) is 17.3 Å². The van der Waals surface area contributed by atoms with Crippen molar-refractivity contribution < 1.29 is 23.0 Å². The molecule has 0 radical (unpaired) electrons. The molecule has 0 amide bonds.